The fourth-order valence-electron chi connectivity index (χ4n) is 4.75. The molecular weight excluding hydrogens is 480 g/mol. The maximum absolute atomic E-state index is 13.3. The first-order chi connectivity index (χ1) is 16.7. The Labute approximate surface area is 205 Å². The number of aromatic nitrogens is 1. The molecule has 1 aromatic heterocycles. The highest BCUT2D eigenvalue weighted by atomic mass is 35.5. The molecule has 182 valence electrons. The third-order valence-corrected chi connectivity index (χ3v) is 6.66. The average Bonchev–Trinajstić information content (AvgIpc) is 2.95. The Balaban J connectivity index is 2.08. The molecule has 0 saturated carbocycles. The van der Waals surface area contributed by atoms with Gasteiger partial charge in [0.2, 0.25) is 0 Å². The van der Waals surface area contributed by atoms with Crippen molar-refractivity contribution in [3.8, 4) is 5.75 Å². The van der Waals surface area contributed by atoms with Crippen molar-refractivity contribution in [1.29, 1.82) is 0 Å². The molecule has 6 nitrogen and oxygen atoms in total. The Kier molecular flexibility index (Phi) is 6.62. The minimum Gasteiger partial charge on any atom is -0.480 e. The van der Waals surface area contributed by atoms with Crippen molar-refractivity contribution in [1.82, 2.24) is 4.98 Å². The lowest BCUT2D eigenvalue weighted by atomic mass is 9.66. The molecule has 1 N–H and O–H groups in total. The van der Waals surface area contributed by atoms with Gasteiger partial charge >= 0.3 is 5.97 Å². The number of alkyl halides is 2. The smallest absolute Gasteiger partial charge is 0.313 e. The van der Waals surface area contributed by atoms with E-state index in [0.29, 0.717) is 11.1 Å². The molecule has 3 aromatic rings. The van der Waals surface area contributed by atoms with E-state index in [2.05, 4.69) is 4.98 Å². The van der Waals surface area contributed by atoms with Crippen molar-refractivity contribution in [2.75, 3.05) is 7.11 Å². The predicted octanol–water partition coefficient (Wildman–Crippen LogP) is 4.94. The van der Waals surface area contributed by atoms with Crippen LogP contribution in [-0.2, 0) is 25.5 Å². The molecule has 1 aliphatic heterocycles. The topological polar surface area (TPSA) is 85.7 Å². The van der Waals surface area contributed by atoms with Crippen LogP contribution in [0.2, 0.25) is 5.02 Å². The molecule has 0 spiro atoms. The number of aliphatic hydroxyl groups is 1. The third kappa shape index (κ3) is 4.17. The van der Waals surface area contributed by atoms with E-state index in [-0.39, 0.29) is 28.3 Å². The summed E-state index contributed by atoms with van der Waals surface area (Å²) in [5, 5.41) is 11.9. The number of halogens is 3. The lowest BCUT2D eigenvalue weighted by Crippen LogP contribution is -2.50. The minimum absolute atomic E-state index is 0.0279. The van der Waals surface area contributed by atoms with E-state index < -0.39 is 35.4 Å². The highest BCUT2D eigenvalue weighted by molar-refractivity contribution is 6.30. The molecular formula is C26H22ClF2NO5. The SMILES string of the molecule is COC(=O)[C@@H]1C(c2ccccc2)C(C)(c2ccc(C(F)F)cc2)Oc2cc(Cl)cnc2[C@@]1(O)C=O. The van der Waals surface area contributed by atoms with Crippen LogP contribution < -0.4 is 4.74 Å². The van der Waals surface area contributed by atoms with Crippen molar-refractivity contribution in [2.24, 2.45) is 5.92 Å². The summed E-state index contributed by atoms with van der Waals surface area (Å²) in [5.74, 6) is -3.43. The van der Waals surface area contributed by atoms with Crippen LogP contribution in [0, 0.1) is 5.92 Å². The number of aldehydes is 1. The summed E-state index contributed by atoms with van der Waals surface area (Å²) in [6.07, 6.45) is -1.22. The first-order valence-electron chi connectivity index (χ1n) is 10.7. The van der Waals surface area contributed by atoms with E-state index in [1.165, 1.54) is 36.5 Å². The molecule has 2 unspecified atom stereocenters. The van der Waals surface area contributed by atoms with Crippen LogP contribution in [0.5, 0.6) is 5.75 Å². The van der Waals surface area contributed by atoms with Gasteiger partial charge in [-0.15, -0.1) is 0 Å². The van der Waals surface area contributed by atoms with Crippen LogP contribution in [0.15, 0.2) is 66.9 Å². The molecule has 9 heteroatoms. The molecule has 1 aliphatic rings. The molecule has 2 aromatic carbocycles. The first-order valence-corrected chi connectivity index (χ1v) is 11.1. The molecule has 4 atom stereocenters. The van der Waals surface area contributed by atoms with Gasteiger partial charge in [0.05, 0.1) is 12.1 Å². The van der Waals surface area contributed by atoms with Crippen LogP contribution in [0.1, 0.15) is 41.7 Å². The zero-order valence-corrected chi connectivity index (χ0v) is 19.6. The van der Waals surface area contributed by atoms with Gasteiger partial charge in [-0.05, 0) is 18.1 Å². The number of nitrogens with zero attached hydrogens (tertiary/aromatic N) is 1. The lowest BCUT2D eigenvalue weighted by molar-refractivity contribution is -0.165. The zero-order chi connectivity index (χ0) is 25.4. The van der Waals surface area contributed by atoms with Gasteiger partial charge in [-0.2, -0.15) is 0 Å². The number of rotatable bonds is 5. The number of carbonyl (C=O) groups is 2. The van der Waals surface area contributed by atoms with Crippen molar-refractivity contribution in [3.05, 3.63) is 94.3 Å². The number of pyridine rings is 1. The largest absolute Gasteiger partial charge is 0.480 e. The van der Waals surface area contributed by atoms with E-state index >= 15 is 0 Å². The molecule has 35 heavy (non-hydrogen) atoms. The zero-order valence-electron chi connectivity index (χ0n) is 18.8. The Bertz CT molecular complexity index is 1240. The van der Waals surface area contributed by atoms with Crippen LogP contribution >= 0.6 is 11.6 Å². The molecule has 0 bridgehead atoms. The number of methoxy groups -OCH3 is 1. The number of benzene rings is 2. The van der Waals surface area contributed by atoms with Crippen molar-refractivity contribution in [2.45, 2.75) is 30.5 Å². The standard InChI is InChI=1S/C26H22ClF2NO5/c1-25(17-10-8-16(9-11-17)23(28)29)20(15-6-4-3-5-7-15)21(24(32)34-2)26(33,14-31)22-19(35-25)12-18(27)13-30-22/h3-14,20-21,23,33H,1-2H3/t20?,21-,25?,26+/m0/s1. The Morgan fingerprint density at radius 3 is 2.43 bits per heavy atom. The van der Waals surface area contributed by atoms with Gasteiger partial charge in [0, 0.05) is 23.7 Å². The Hall–Kier alpha value is -3.36. The summed E-state index contributed by atoms with van der Waals surface area (Å²) in [6.45, 7) is 1.65. The fraction of sp³-hybridized carbons (Fsp3) is 0.269. The van der Waals surface area contributed by atoms with Crippen molar-refractivity contribution < 1.29 is 33.0 Å². The summed E-state index contributed by atoms with van der Waals surface area (Å²) in [7, 11) is 1.15. The maximum Gasteiger partial charge on any atom is 0.313 e. The molecule has 2 heterocycles. The van der Waals surface area contributed by atoms with E-state index in [9.17, 15) is 23.5 Å². The van der Waals surface area contributed by atoms with Gasteiger partial charge < -0.3 is 14.6 Å². The van der Waals surface area contributed by atoms with E-state index in [4.69, 9.17) is 21.1 Å². The van der Waals surface area contributed by atoms with Gasteiger partial charge in [-0.1, -0.05) is 66.2 Å². The number of esters is 1. The monoisotopic (exact) mass is 501 g/mol. The average molecular weight is 502 g/mol. The Morgan fingerprint density at radius 1 is 1.20 bits per heavy atom. The number of ether oxygens (including phenoxy) is 2. The van der Waals surface area contributed by atoms with Crippen molar-refractivity contribution >= 4 is 23.9 Å². The maximum atomic E-state index is 13.3. The van der Waals surface area contributed by atoms with E-state index in [1.807, 2.05) is 0 Å². The van der Waals surface area contributed by atoms with E-state index in [1.54, 1.807) is 37.3 Å². The normalized spacial score (nSPS) is 25.8. The summed E-state index contributed by atoms with van der Waals surface area (Å²) in [6, 6.07) is 15.5. The molecule has 0 fully saturated rings. The molecule has 0 aliphatic carbocycles. The van der Waals surface area contributed by atoms with Crippen LogP contribution in [0.4, 0.5) is 8.78 Å². The summed E-state index contributed by atoms with van der Waals surface area (Å²) in [4.78, 5) is 29.9. The van der Waals surface area contributed by atoms with Gasteiger partial charge in [0.15, 0.2) is 11.9 Å². The second-order valence-electron chi connectivity index (χ2n) is 8.46. The first kappa shape index (κ1) is 24.8. The quantitative estimate of drug-likeness (QED) is 0.394. The summed E-state index contributed by atoms with van der Waals surface area (Å²) < 4.78 is 38.0. The number of hydrogen-bond donors (Lipinski definition) is 1. The van der Waals surface area contributed by atoms with Gasteiger partial charge in [-0.25, -0.2) is 8.78 Å². The Morgan fingerprint density at radius 2 is 1.86 bits per heavy atom. The number of carbonyl (C=O) groups excluding carboxylic acids is 2. The van der Waals surface area contributed by atoms with Crippen molar-refractivity contribution in [3.63, 3.8) is 0 Å². The highest BCUT2D eigenvalue weighted by Crippen LogP contribution is 2.54. The van der Waals surface area contributed by atoms with Gasteiger partial charge in [-0.3, -0.25) is 14.6 Å². The lowest BCUT2D eigenvalue weighted by Gasteiger charge is -2.41. The predicted molar refractivity (Wildman–Crippen MR) is 123 cm³/mol. The summed E-state index contributed by atoms with van der Waals surface area (Å²) >= 11 is 6.15. The van der Waals surface area contributed by atoms with Crippen LogP contribution in [0.25, 0.3) is 0 Å². The summed E-state index contributed by atoms with van der Waals surface area (Å²) in [5.41, 5.74) is -3.35. The number of fused-ring (bicyclic) bond motifs is 1. The highest BCUT2D eigenvalue weighted by Gasteiger charge is 2.60. The third-order valence-electron chi connectivity index (χ3n) is 6.45. The van der Waals surface area contributed by atoms with Gasteiger partial charge in [0.1, 0.15) is 23.0 Å². The minimum atomic E-state index is -2.68. The molecule has 0 saturated heterocycles. The van der Waals surface area contributed by atoms with Crippen LogP contribution in [-0.4, -0.2) is 29.5 Å². The fourth-order valence-corrected chi connectivity index (χ4v) is 4.90. The molecule has 0 radical (unpaired) electrons. The second kappa shape index (κ2) is 9.36. The molecule has 4 rings (SSSR count). The molecule has 0 amide bonds. The second-order valence-corrected chi connectivity index (χ2v) is 8.90. The van der Waals surface area contributed by atoms with Crippen LogP contribution in [0.3, 0.4) is 0 Å². The number of hydrogen-bond acceptors (Lipinski definition) is 6. The van der Waals surface area contributed by atoms with E-state index in [0.717, 1.165) is 7.11 Å². The van der Waals surface area contributed by atoms with Gasteiger partial charge in [0.25, 0.3) is 6.43 Å².